The van der Waals surface area contributed by atoms with Gasteiger partial charge in [0, 0.05) is 28.9 Å². The highest BCUT2D eigenvalue weighted by molar-refractivity contribution is 6.15. The molecule has 0 aromatic carbocycles. The van der Waals surface area contributed by atoms with Gasteiger partial charge in [-0.15, -0.1) is 0 Å². The summed E-state index contributed by atoms with van der Waals surface area (Å²) in [7, 11) is 0. The van der Waals surface area contributed by atoms with Crippen molar-refractivity contribution in [2.75, 3.05) is 25.0 Å². The van der Waals surface area contributed by atoms with Gasteiger partial charge in [-0.3, -0.25) is 14.9 Å². The van der Waals surface area contributed by atoms with Crippen LogP contribution in [0.2, 0.25) is 0 Å². The largest absolute Gasteiger partial charge is 0.367 e. The number of nitrogens with zero attached hydrogens (tertiary/aromatic N) is 4. The van der Waals surface area contributed by atoms with Crippen molar-refractivity contribution < 1.29 is 9.59 Å². The van der Waals surface area contributed by atoms with Gasteiger partial charge in [-0.1, -0.05) is 0 Å². The summed E-state index contributed by atoms with van der Waals surface area (Å²) in [4.78, 5) is 30.9. The first-order chi connectivity index (χ1) is 14.7. The summed E-state index contributed by atoms with van der Waals surface area (Å²) in [5.74, 6) is 0.368. The molecule has 2 aliphatic heterocycles. The quantitative estimate of drug-likeness (QED) is 0.395. The van der Waals surface area contributed by atoms with Gasteiger partial charge in [0.2, 0.25) is 5.91 Å². The Hall–Kier alpha value is -2.74. The van der Waals surface area contributed by atoms with Crippen molar-refractivity contribution in [1.29, 1.82) is 0 Å². The fraction of sp³-hybridized carbons (Fsp3) is 0.545. The maximum atomic E-state index is 12.0. The topological polar surface area (TPSA) is 91.6 Å². The van der Waals surface area contributed by atoms with Crippen molar-refractivity contribution in [1.82, 2.24) is 24.8 Å². The minimum absolute atomic E-state index is 0.111. The van der Waals surface area contributed by atoms with Gasteiger partial charge in [0.15, 0.2) is 5.65 Å². The van der Waals surface area contributed by atoms with Crippen molar-refractivity contribution in [2.24, 2.45) is 0 Å². The molecule has 158 valence electrons. The summed E-state index contributed by atoms with van der Waals surface area (Å²) >= 11 is 0. The zero-order valence-electron chi connectivity index (χ0n) is 17.2. The second kappa shape index (κ2) is 8.18. The number of fused-ring (bicyclic) bond motifs is 1. The molecule has 8 nitrogen and oxygen atoms in total. The molecule has 0 radical (unpaired) electrons. The number of imide groups is 1. The number of nitrogens with one attached hydrogen (secondary N) is 2. The van der Waals surface area contributed by atoms with Gasteiger partial charge < -0.3 is 10.2 Å². The Morgan fingerprint density at radius 1 is 1.20 bits per heavy atom. The van der Waals surface area contributed by atoms with E-state index in [9.17, 15) is 9.59 Å². The number of amides is 2. The van der Waals surface area contributed by atoms with Crippen LogP contribution >= 0.6 is 0 Å². The molecule has 1 saturated carbocycles. The van der Waals surface area contributed by atoms with Gasteiger partial charge in [-0.05, 0) is 70.7 Å². The molecule has 3 aliphatic rings. The van der Waals surface area contributed by atoms with Crippen LogP contribution in [0.15, 0.2) is 17.8 Å². The molecule has 30 heavy (non-hydrogen) atoms. The van der Waals surface area contributed by atoms with Gasteiger partial charge in [-0.25, -0.2) is 4.98 Å². The van der Waals surface area contributed by atoms with E-state index in [1.807, 2.05) is 4.52 Å². The van der Waals surface area contributed by atoms with Crippen molar-refractivity contribution in [3.8, 4) is 0 Å². The average Bonchev–Trinajstić information content (AvgIpc) is 3.10. The molecule has 3 fully saturated rings. The molecule has 1 aliphatic carbocycles. The van der Waals surface area contributed by atoms with Gasteiger partial charge in [0.05, 0.1) is 12.6 Å². The average molecular weight is 409 g/mol. The lowest BCUT2D eigenvalue weighted by atomic mass is 10.1. The Bertz CT molecular complexity index is 1000. The van der Waals surface area contributed by atoms with Crippen LogP contribution < -0.4 is 10.6 Å². The number of hydrogen-bond acceptors (Lipinski definition) is 6. The molecule has 5 rings (SSSR count). The Labute approximate surface area is 175 Å². The highest BCUT2D eigenvalue weighted by Crippen LogP contribution is 2.27. The maximum Gasteiger partial charge on any atom is 0.254 e. The van der Waals surface area contributed by atoms with Crippen molar-refractivity contribution in [3.63, 3.8) is 0 Å². The molecule has 2 saturated heterocycles. The Morgan fingerprint density at radius 3 is 2.77 bits per heavy atom. The summed E-state index contributed by atoms with van der Waals surface area (Å²) in [6.07, 6.45) is 11.8. The molecule has 2 aromatic rings. The number of carbonyl (C=O) groups is 2. The van der Waals surface area contributed by atoms with Crippen LogP contribution in [0.25, 0.3) is 11.7 Å². The van der Waals surface area contributed by atoms with Crippen LogP contribution in [0, 0.1) is 0 Å². The Kier molecular flexibility index (Phi) is 5.25. The third kappa shape index (κ3) is 4.23. The van der Waals surface area contributed by atoms with E-state index in [1.54, 1.807) is 12.3 Å². The van der Waals surface area contributed by atoms with E-state index in [-0.39, 0.29) is 18.2 Å². The third-order valence-corrected chi connectivity index (χ3v) is 6.06. The number of carbonyl (C=O) groups excluding carboxylic acids is 2. The first-order valence-electron chi connectivity index (χ1n) is 11.1. The van der Waals surface area contributed by atoms with Crippen LogP contribution in [0.1, 0.15) is 56.2 Å². The molecular weight excluding hydrogens is 380 g/mol. The normalized spacial score (nSPS) is 21.1. The molecule has 8 heteroatoms. The maximum absolute atomic E-state index is 12.0. The number of anilines is 1. The van der Waals surface area contributed by atoms with E-state index in [4.69, 9.17) is 4.98 Å². The number of aryl methyl sites for hydroxylation is 1. The standard InChI is InChI=1S/C22H28N6O2/c29-20-12-15(22(30)26-20)11-16-14-23-28-19(24-17-6-7-17)13-18(25-21(16)28)5-1-2-8-27-9-3-4-10-27/h11,13-14,17,24H,1-10,12H2,(H,26,29,30)/b15-11+. The molecule has 0 spiro atoms. The number of likely N-dealkylation sites (tertiary alicyclic amines) is 1. The van der Waals surface area contributed by atoms with E-state index in [0.717, 1.165) is 35.6 Å². The summed E-state index contributed by atoms with van der Waals surface area (Å²) in [6, 6.07) is 2.61. The highest BCUT2D eigenvalue weighted by atomic mass is 16.2. The van der Waals surface area contributed by atoms with Gasteiger partial charge in [0.25, 0.3) is 5.91 Å². The second-order valence-electron chi connectivity index (χ2n) is 8.62. The van der Waals surface area contributed by atoms with Crippen molar-refractivity contribution in [2.45, 2.75) is 57.4 Å². The molecule has 0 unspecified atom stereocenters. The highest BCUT2D eigenvalue weighted by Gasteiger charge is 2.25. The first kappa shape index (κ1) is 19.2. The lowest BCUT2D eigenvalue weighted by molar-refractivity contribution is -0.124. The summed E-state index contributed by atoms with van der Waals surface area (Å²) in [6.45, 7) is 3.65. The van der Waals surface area contributed by atoms with E-state index in [2.05, 4.69) is 26.7 Å². The third-order valence-electron chi connectivity index (χ3n) is 6.06. The summed E-state index contributed by atoms with van der Waals surface area (Å²) in [5.41, 5.74) is 3.01. The molecule has 0 bridgehead atoms. The predicted molar refractivity (Wildman–Crippen MR) is 114 cm³/mol. The van der Waals surface area contributed by atoms with Crippen LogP contribution in [0.5, 0.6) is 0 Å². The second-order valence-corrected chi connectivity index (χ2v) is 8.62. The zero-order valence-corrected chi connectivity index (χ0v) is 17.2. The lowest BCUT2D eigenvalue weighted by Gasteiger charge is -2.14. The molecular formula is C22H28N6O2. The van der Waals surface area contributed by atoms with Crippen LogP contribution in [-0.4, -0.2) is 57.0 Å². The van der Waals surface area contributed by atoms with Crippen LogP contribution in [0.4, 0.5) is 5.82 Å². The number of aromatic nitrogens is 3. The van der Waals surface area contributed by atoms with E-state index in [1.165, 1.54) is 51.7 Å². The summed E-state index contributed by atoms with van der Waals surface area (Å²) < 4.78 is 1.81. The molecule has 2 N–H and O–H groups in total. The fourth-order valence-corrected chi connectivity index (χ4v) is 4.26. The van der Waals surface area contributed by atoms with Crippen molar-refractivity contribution >= 4 is 29.4 Å². The zero-order chi connectivity index (χ0) is 20.5. The number of rotatable bonds is 8. The molecule has 2 aromatic heterocycles. The van der Waals surface area contributed by atoms with Crippen molar-refractivity contribution in [3.05, 3.63) is 29.1 Å². The monoisotopic (exact) mass is 408 g/mol. The molecule has 2 amide bonds. The SMILES string of the molecule is O=C1C/C(=C\c2cnn3c(NC4CC4)cc(CCCCN4CCCC4)nc23)C(=O)N1. The smallest absolute Gasteiger partial charge is 0.254 e. The Morgan fingerprint density at radius 2 is 2.03 bits per heavy atom. The first-order valence-corrected chi connectivity index (χ1v) is 11.1. The minimum Gasteiger partial charge on any atom is -0.367 e. The van der Waals surface area contributed by atoms with Gasteiger partial charge >= 0.3 is 0 Å². The fourth-order valence-electron chi connectivity index (χ4n) is 4.26. The molecule has 0 atom stereocenters. The van der Waals surface area contributed by atoms with E-state index in [0.29, 0.717) is 11.6 Å². The minimum atomic E-state index is -0.325. The van der Waals surface area contributed by atoms with Gasteiger partial charge in [0.1, 0.15) is 5.82 Å². The van der Waals surface area contributed by atoms with Gasteiger partial charge in [-0.2, -0.15) is 9.61 Å². The number of unbranched alkanes of at least 4 members (excludes halogenated alkanes) is 1. The van der Waals surface area contributed by atoms with Crippen LogP contribution in [-0.2, 0) is 16.0 Å². The summed E-state index contributed by atoms with van der Waals surface area (Å²) in [5, 5.41) is 10.4. The molecule has 4 heterocycles. The number of hydrogen-bond donors (Lipinski definition) is 2. The predicted octanol–water partition coefficient (Wildman–Crippen LogP) is 2.15. The van der Waals surface area contributed by atoms with Crippen LogP contribution in [0.3, 0.4) is 0 Å². The Balaban J connectivity index is 1.37. The van der Waals surface area contributed by atoms with E-state index >= 15 is 0 Å². The lowest BCUT2D eigenvalue weighted by Crippen LogP contribution is -2.20. The van der Waals surface area contributed by atoms with E-state index < -0.39 is 0 Å².